The summed E-state index contributed by atoms with van der Waals surface area (Å²) in [5, 5.41) is 0. The molecule has 1 aliphatic rings. The Balaban J connectivity index is 2.04. The molecule has 1 aromatic heterocycles. The summed E-state index contributed by atoms with van der Waals surface area (Å²) in [6.45, 7) is 0.908. The van der Waals surface area contributed by atoms with Crippen LogP contribution in [0.1, 0.15) is 25.7 Å². The molecule has 16 heavy (non-hydrogen) atoms. The summed E-state index contributed by atoms with van der Waals surface area (Å²) in [6, 6.07) is 1.47. The summed E-state index contributed by atoms with van der Waals surface area (Å²) >= 11 is 3.21. The second-order valence-corrected chi connectivity index (χ2v) is 5.41. The monoisotopic (exact) mass is 286 g/mol. The van der Waals surface area contributed by atoms with E-state index in [-0.39, 0.29) is 5.82 Å². The van der Waals surface area contributed by atoms with E-state index in [9.17, 15) is 4.39 Å². The van der Waals surface area contributed by atoms with Gasteiger partial charge in [0.15, 0.2) is 11.6 Å². The van der Waals surface area contributed by atoms with Crippen molar-refractivity contribution in [1.82, 2.24) is 4.98 Å². The second-order valence-electron chi connectivity index (χ2n) is 4.49. The standard InChI is InChI=1S/C12H16BrFN2/c1-16(8-9-4-2-3-5-9)12-11(14)6-10(13)7-15-12/h6-7,9H,2-5,8H2,1H3. The SMILES string of the molecule is CN(CC1CCCC1)c1ncc(Br)cc1F. The van der Waals surface area contributed by atoms with Gasteiger partial charge in [-0.05, 0) is 40.8 Å². The van der Waals surface area contributed by atoms with Crippen LogP contribution in [0.2, 0.25) is 0 Å². The van der Waals surface area contributed by atoms with Crippen LogP contribution in [0, 0.1) is 11.7 Å². The van der Waals surface area contributed by atoms with Crippen LogP contribution in [0.3, 0.4) is 0 Å². The Morgan fingerprint density at radius 3 is 2.81 bits per heavy atom. The van der Waals surface area contributed by atoms with Crippen molar-refractivity contribution in [2.75, 3.05) is 18.5 Å². The maximum Gasteiger partial charge on any atom is 0.166 e. The van der Waals surface area contributed by atoms with E-state index in [1.807, 2.05) is 11.9 Å². The van der Waals surface area contributed by atoms with Crippen LogP contribution in [0.25, 0.3) is 0 Å². The normalized spacial score (nSPS) is 16.7. The predicted molar refractivity (Wildman–Crippen MR) is 67.1 cm³/mol. The molecule has 0 radical (unpaired) electrons. The number of hydrogen-bond donors (Lipinski definition) is 0. The molecule has 0 amide bonds. The first kappa shape index (κ1) is 11.8. The third kappa shape index (κ3) is 2.73. The fourth-order valence-electron chi connectivity index (χ4n) is 2.35. The number of rotatable bonds is 3. The van der Waals surface area contributed by atoms with Crippen molar-refractivity contribution in [2.24, 2.45) is 5.92 Å². The van der Waals surface area contributed by atoms with E-state index in [1.165, 1.54) is 31.7 Å². The van der Waals surface area contributed by atoms with Gasteiger partial charge < -0.3 is 4.90 Å². The molecule has 1 heterocycles. The molecule has 0 aromatic carbocycles. The van der Waals surface area contributed by atoms with E-state index >= 15 is 0 Å². The molecule has 0 spiro atoms. The molecule has 1 fully saturated rings. The Hall–Kier alpha value is -0.640. The van der Waals surface area contributed by atoms with E-state index in [0.717, 1.165) is 6.54 Å². The predicted octanol–water partition coefficient (Wildman–Crippen LogP) is 3.61. The average molecular weight is 287 g/mol. The summed E-state index contributed by atoms with van der Waals surface area (Å²) in [6.07, 6.45) is 6.80. The van der Waals surface area contributed by atoms with Crippen LogP contribution in [0.5, 0.6) is 0 Å². The first-order chi connectivity index (χ1) is 7.66. The Morgan fingerprint density at radius 1 is 1.50 bits per heavy atom. The highest BCUT2D eigenvalue weighted by molar-refractivity contribution is 9.10. The highest BCUT2D eigenvalue weighted by Gasteiger charge is 2.19. The van der Waals surface area contributed by atoms with Crippen molar-refractivity contribution in [3.05, 3.63) is 22.6 Å². The number of hydrogen-bond acceptors (Lipinski definition) is 2. The van der Waals surface area contributed by atoms with Gasteiger partial charge in [-0.1, -0.05) is 12.8 Å². The number of pyridine rings is 1. The van der Waals surface area contributed by atoms with Gasteiger partial charge in [-0.15, -0.1) is 0 Å². The maximum absolute atomic E-state index is 13.6. The minimum atomic E-state index is -0.255. The number of nitrogens with zero attached hydrogens (tertiary/aromatic N) is 2. The van der Waals surface area contributed by atoms with Crippen LogP contribution < -0.4 is 4.90 Å². The van der Waals surface area contributed by atoms with Gasteiger partial charge in [0.1, 0.15) is 0 Å². The molecular formula is C12H16BrFN2. The topological polar surface area (TPSA) is 16.1 Å². The molecule has 0 N–H and O–H groups in total. The van der Waals surface area contributed by atoms with Gasteiger partial charge in [0, 0.05) is 24.3 Å². The van der Waals surface area contributed by atoms with Crippen molar-refractivity contribution in [2.45, 2.75) is 25.7 Å². The minimum absolute atomic E-state index is 0.255. The van der Waals surface area contributed by atoms with Gasteiger partial charge in [0.2, 0.25) is 0 Å². The molecule has 1 aliphatic carbocycles. The smallest absolute Gasteiger partial charge is 0.166 e. The Bertz CT molecular complexity index is 364. The molecule has 4 heteroatoms. The maximum atomic E-state index is 13.6. The molecule has 0 saturated heterocycles. The van der Waals surface area contributed by atoms with Gasteiger partial charge >= 0.3 is 0 Å². The van der Waals surface area contributed by atoms with Crippen molar-refractivity contribution in [3.63, 3.8) is 0 Å². The molecule has 2 rings (SSSR count). The first-order valence-electron chi connectivity index (χ1n) is 5.69. The van der Waals surface area contributed by atoms with Gasteiger partial charge in [-0.25, -0.2) is 9.37 Å². The molecule has 2 nitrogen and oxygen atoms in total. The number of anilines is 1. The molecule has 0 atom stereocenters. The van der Waals surface area contributed by atoms with Crippen molar-refractivity contribution >= 4 is 21.7 Å². The summed E-state index contributed by atoms with van der Waals surface area (Å²) in [5.41, 5.74) is 0. The lowest BCUT2D eigenvalue weighted by molar-refractivity contribution is 0.535. The van der Waals surface area contributed by atoms with Crippen LogP contribution in [0.15, 0.2) is 16.7 Å². The number of aromatic nitrogens is 1. The molecule has 0 unspecified atom stereocenters. The van der Waals surface area contributed by atoms with Gasteiger partial charge in [0.25, 0.3) is 0 Å². The van der Waals surface area contributed by atoms with Gasteiger partial charge in [0.05, 0.1) is 0 Å². The molecule has 1 saturated carbocycles. The Morgan fingerprint density at radius 2 is 2.19 bits per heavy atom. The summed E-state index contributed by atoms with van der Waals surface area (Å²) in [4.78, 5) is 6.05. The summed E-state index contributed by atoms with van der Waals surface area (Å²) < 4.78 is 14.3. The lowest BCUT2D eigenvalue weighted by atomic mass is 10.1. The zero-order valence-electron chi connectivity index (χ0n) is 9.42. The second kappa shape index (κ2) is 5.13. The van der Waals surface area contributed by atoms with E-state index < -0.39 is 0 Å². The average Bonchev–Trinajstić information content (AvgIpc) is 2.70. The largest absolute Gasteiger partial charge is 0.357 e. The van der Waals surface area contributed by atoms with E-state index in [1.54, 1.807) is 6.20 Å². The highest BCUT2D eigenvalue weighted by Crippen LogP contribution is 2.27. The summed E-state index contributed by atoms with van der Waals surface area (Å²) in [5.74, 6) is 0.903. The molecule has 0 aliphatic heterocycles. The van der Waals surface area contributed by atoms with Crippen molar-refractivity contribution in [3.8, 4) is 0 Å². The fourth-order valence-corrected chi connectivity index (χ4v) is 2.66. The molecule has 1 aromatic rings. The third-order valence-electron chi connectivity index (χ3n) is 3.16. The Kier molecular flexibility index (Phi) is 3.79. The van der Waals surface area contributed by atoms with Gasteiger partial charge in [-0.3, -0.25) is 0 Å². The van der Waals surface area contributed by atoms with E-state index in [2.05, 4.69) is 20.9 Å². The highest BCUT2D eigenvalue weighted by atomic mass is 79.9. The lowest BCUT2D eigenvalue weighted by Crippen LogP contribution is -2.25. The van der Waals surface area contributed by atoms with E-state index in [4.69, 9.17) is 0 Å². The Labute approximate surface area is 104 Å². The number of halogens is 2. The zero-order valence-corrected chi connectivity index (χ0v) is 11.0. The quantitative estimate of drug-likeness (QED) is 0.844. The van der Waals surface area contributed by atoms with Crippen LogP contribution in [0.4, 0.5) is 10.2 Å². The van der Waals surface area contributed by atoms with Crippen molar-refractivity contribution in [1.29, 1.82) is 0 Å². The lowest BCUT2D eigenvalue weighted by Gasteiger charge is -2.22. The van der Waals surface area contributed by atoms with Gasteiger partial charge in [-0.2, -0.15) is 0 Å². The van der Waals surface area contributed by atoms with Crippen LogP contribution >= 0.6 is 15.9 Å². The summed E-state index contributed by atoms with van der Waals surface area (Å²) in [7, 11) is 1.91. The molecular weight excluding hydrogens is 271 g/mol. The minimum Gasteiger partial charge on any atom is -0.357 e. The van der Waals surface area contributed by atoms with Crippen LogP contribution in [-0.4, -0.2) is 18.6 Å². The van der Waals surface area contributed by atoms with E-state index in [0.29, 0.717) is 16.2 Å². The third-order valence-corrected chi connectivity index (χ3v) is 3.59. The fraction of sp³-hybridized carbons (Fsp3) is 0.583. The van der Waals surface area contributed by atoms with Crippen LogP contribution in [-0.2, 0) is 0 Å². The molecule has 0 bridgehead atoms. The zero-order chi connectivity index (χ0) is 11.5. The van der Waals surface area contributed by atoms with Crippen molar-refractivity contribution < 1.29 is 4.39 Å². The molecule has 88 valence electrons. The first-order valence-corrected chi connectivity index (χ1v) is 6.48.